The molecule has 4 rings (SSSR count). The van der Waals surface area contributed by atoms with Crippen LogP contribution in [0.25, 0.3) is 0 Å². The lowest BCUT2D eigenvalue weighted by Gasteiger charge is -2.26. The molecular formula is C31H32N4O3S. The molecule has 0 spiro atoms. The number of rotatable bonds is 11. The number of anilines is 2. The zero-order valence-electron chi connectivity index (χ0n) is 22.1. The summed E-state index contributed by atoms with van der Waals surface area (Å²) in [6.07, 6.45) is 1.56. The highest BCUT2D eigenvalue weighted by molar-refractivity contribution is 7.92. The van der Waals surface area contributed by atoms with Gasteiger partial charge in [0.2, 0.25) is 0 Å². The molecule has 0 aliphatic heterocycles. The minimum atomic E-state index is -3.98. The highest BCUT2D eigenvalue weighted by atomic mass is 32.2. The monoisotopic (exact) mass is 540 g/mol. The molecule has 39 heavy (non-hydrogen) atoms. The lowest BCUT2D eigenvalue weighted by Crippen LogP contribution is -2.33. The van der Waals surface area contributed by atoms with E-state index in [9.17, 15) is 13.2 Å². The summed E-state index contributed by atoms with van der Waals surface area (Å²) in [6, 6.07) is 32.0. The summed E-state index contributed by atoms with van der Waals surface area (Å²) in [7, 11) is -3.98. The molecule has 0 saturated heterocycles. The Hall–Kier alpha value is -4.43. The molecule has 0 heterocycles. The van der Waals surface area contributed by atoms with Crippen molar-refractivity contribution in [1.29, 1.82) is 0 Å². The maximum atomic E-state index is 13.8. The third kappa shape index (κ3) is 6.72. The summed E-state index contributed by atoms with van der Waals surface area (Å²) in [5, 5.41) is 4.13. The summed E-state index contributed by atoms with van der Waals surface area (Å²) in [5.41, 5.74) is 5.76. The van der Waals surface area contributed by atoms with E-state index in [4.69, 9.17) is 0 Å². The molecule has 0 radical (unpaired) electrons. The number of carbonyl (C=O) groups excluding carboxylic acids is 1. The average Bonchev–Trinajstić information content (AvgIpc) is 2.98. The van der Waals surface area contributed by atoms with Crippen LogP contribution in [-0.2, 0) is 16.6 Å². The highest BCUT2D eigenvalue weighted by Gasteiger charge is 2.28. The van der Waals surface area contributed by atoms with E-state index in [1.807, 2.05) is 54.6 Å². The van der Waals surface area contributed by atoms with Crippen molar-refractivity contribution in [2.45, 2.75) is 25.3 Å². The van der Waals surface area contributed by atoms with Crippen molar-refractivity contribution in [3.8, 4) is 0 Å². The molecular weight excluding hydrogens is 508 g/mol. The van der Waals surface area contributed by atoms with Crippen molar-refractivity contribution in [3.05, 3.63) is 126 Å². The number of nitrogens with zero attached hydrogens (tertiary/aromatic N) is 3. The van der Waals surface area contributed by atoms with Crippen LogP contribution in [0, 0.1) is 0 Å². The number of nitrogens with one attached hydrogen (secondary N) is 1. The minimum Gasteiger partial charge on any atom is -0.372 e. The molecule has 0 unspecified atom stereocenters. The van der Waals surface area contributed by atoms with Crippen molar-refractivity contribution in [1.82, 2.24) is 5.43 Å². The van der Waals surface area contributed by atoms with Crippen molar-refractivity contribution in [2.75, 3.05) is 22.3 Å². The van der Waals surface area contributed by atoms with Crippen LogP contribution in [0.2, 0.25) is 0 Å². The van der Waals surface area contributed by atoms with Gasteiger partial charge in [0.1, 0.15) is 0 Å². The summed E-state index contributed by atoms with van der Waals surface area (Å²) < 4.78 is 28.8. The first kappa shape index (κ1) is 27.6. The van der Waals surface area contributed by atoms with Crippen LogP contribution >= 0.6 is 0 Å². The van der Waals surface area contributed by atoms with Gasteiger partial charge in [-0.15, -0.1) is 0 Å². The molecule has 0 aliphatic rings. The number of benzene rings is 4. The molecule has 0 bridgehead atoms. The molecule has 0 fully saturated rings. The number of hydrogen-bond donors (Lipinski definition) is 1. The molecule has 0 aromatic heterocycles. The smallest absolute Gasteiger partial charge is 0.273 e. The third-order valence-electron chi connectivity index (χ3n) is 6.32. The Balaban J connectivity index is 1.61. The molecule has 0 atom stereocenters. The van der Waals surface area contributed by atoms with E-state index in [1.165, 1.54) is 4.31 Å². The van der Waals surface area contributed by atoms with Gasteiger partial charge in [-0.25, -0.2) is 13.8 Å². The first-order valence-corrected chi connectivity index (χ1v) is 14.3. The van der Waals surface area contributed by atoms with E-state index in [1.54, 1.807) is 60.8 Å². The van der Waals surface area contributed by atoms with Crippen LogP contribution in [-0.4, -0.2) is 33.6 Å². The standard InChI is InChI=1S/C31H32N4O3S/c1-3-34(4-2)27-21-19-25(20-22-27)23-32-33-31(36)29-17-11-12-18-30(29)35(24-26-13-7-5-8-14-26)39(37,38)28-15-9-6-10-16-28/h5-23H,3-4,24H2,1-2H3,(H,33,36)/b32-23+. The molecule has 7 nitrogen and oxygen atoms in total. The van der Waals surface area contributed by atoms with Gasteiger partial charge in [-0.05, 0) is 61.4 Å². The van der Waals surface area contributed by atoms with Crippen LogP contribution in [0.4, 0.5) is 11.4 Å². The number of sulfonamides is 1. The van der Waals surface area contributed by atoms with E-state index < -0.39 is 15.9 Å². The zero-order valence-corrected chi connectivity index (χ0v) is 22.9. The Bertz CT molecular complexity index is 1500. The fourth-order valence-corrected chi connectivity index (χ4v) is 5.73. The highest BCUT2D eigenvalue weighted by Crippen LogP contribution is 2.29. The SMILES string of the molecule is CCN(CC)c1ccc(/C=N/NC(=O)c2ccccc2N(Cc2ccccc2)S(=O)(=O)c2ccccc2)cc1. The van der Waals surface area contributed by atoms with E-state index in [0.29, 0.717) is 0 Å². The minimum absolute atomic E-state index is 0.0600. The Morgan fingerprint density at radius 3 is 2.03 bits per heavy atom. The quantitative estimate of drug-likeness (QED) is 0.196. The van der Waals surface area contributed by atoms with Crippen LogP contribution in [0.1, 0.15) is 35.3 Å². The van der Waals surface area contributed by atoms with Crippen LogP contribution in [0.3, 0.4) is 0 Å². The first-order chi connectivity index (χ1) is 18.9. The summed E-state index contributed by atoms with van der Waals surface area (Å²) in [6.45, 7) is 6.11. The maximum Gasteiger partial charge on any atom is 0.273 e. The summed E-state index contributed by atoms with van der Waals surface area (Å²) >= 11 is 0. The Morgan fingerprint density at radius 2 is 1.38 bits per heavy atom. The van der Waals surface area contributed by atoms with Crippen LogP contribution in [0.15, 0.2) is 119 Å². The predicted molar refractivity (Wildman–Crippen MR) is 158 cm³/mol. The fraction of sp³-hybridized carbons (Fsp3) is 0.161. The molecule has 1 N–H and O–H groups in total. The largest absolute Gasteiger partial charge is 0.372 e. The van der Waals surface area contributed by atoms with Crippen LogP contribution in [0.5, 0.6) is 0 Å². The number of para-hydroxylation sites is 1. The third-order valence-corrected chi connectivity index (χ3v) is 8.09. The second kappa shape index (κ2) is 12.9. The molecule has 4 aromatic rings. The zero-order chi connectivity index (χ0) is 27.7. The molecule has 8 heteroatoms. The second-order valence-electron chi connectivity index (χ2n) is 8.79. The van der Waals surface area contributed by atoms with Gasteiger partial charge in [-0.3, -0.25) is 9.10 Å². The van der Waals surface area contributed by atoms with Gasteiger partial charge in [-0.1, -0.05) is 72.8 Å². The predicted octanol–water partition coefficient (Wildman–Crippen LogP) is 5.69. The van der Waals surface area contributed by atoms with E-state index in [2.05, 4.69) is 29.3 Å². The Labute approximate surface area is 230 Å². The topological polar surface area (TPSA) is 82.1 Å². The van der Waals surface area contributed by atoms with Gasteiger partial charge in [0.15, 0.2) is 0 Å². The summed E-state index contributed by atoms with van der Waals surface area (Å²) in [4.78, 5) is 15.6. The van der Waals surface area contributed by atoms with E-state index in [0.717, 1.165) is 29.9 Å². The van der Waals surface area contributed by atoms with Gasteiger partial charge in [0.05, 0.1) is 28.9 Å². The van der Waals surface area contributed by atoms with Crippen molar-refractivity contribution in [3.63, 3.8) is 0 Å². The maximum absolute atomic E-state index is 13.8. The van der Waals surface area contributed by atoms with Gasteiger partial charge in [-0.2, -0.15) is 5.10 Å². The summed E-state index contributed by atoms with van der Waals surface area (Å²) in [5.74, 6) is -0.511. The molecule has 200 valence electrons. The number of carbonyl (C=O) groups is 1. The normalized spacial score (nSPS) is 11.3. The molecule has 0 aliphatic carbocycles. The first-order valence-electron chi connectivity index (χ1n) is 12.8. The lowest BCUT2D eigenvalue weighted by molar-refractivity contribution is 0.0955. The number of hydrazone groups is 1. The Kier molecular flexibility index (Phi) is 9.12. The lowest BCUT2D eigenvalue weighted by atomic mass is 10.1. The average molecular weight is 541 g/mol. The number of hydrogen-bond acceptors (Lipinski definition) is 5. The van der Waals surface area contributed by atoms with Gasteiger partial charge in [0.25, 0.3) is 15.9 Å². The molecule has 1 amide bonds. The van der Waals surface area contributed by atoms with Gasteiger partial charge >= 0.3 is 0 Å². The van der Waals surface area contributed by atoms with E-state index in [-0.39, 0.29) is 22.7 Å². The van der Waals surface area contributed by atoms with Crippen molar-refractivity contribution >= 4 is 33.5 Å². The van der Waals surface area contributed by atoms with Crippen molar-refractivity contribution in [2.24, 2.45) is 5.10 Å². The number of amides is 1. The molecule has 4 aromatic carbocycles. The van der Waals surface area contributed by atoms with E-state index >= 15 is 0 Å². The second-order valence-corrected chi connectivity index (χ2v) is 10.7. The molecule has 0 saturated carbocycles. The van der Waals surface area contributed by atoms with Crippen molar-refractivity contribution < 1.29 is 13.2 Å². The van der Waals surface area contributed by atoms with Crippen LogP contribution < -0.4 is 14.6 Å². The Morgan fingerprint density at radius 1 is 0.795 bits per heavy atom. The van der Waals surface area contributed by atoms with Gasteiger partial charge in [0, 0.05) is 18.8 Å². The fourth-order valence-electron chi connectivity index (χ4n) is 4.24. The van der Waals surface area contributed by atoms with Gasteiger partial charge < -0.3 is 4.90 Å².